The van der Waals surface area contributed by atoms with E-state index in [4.69, 9.17) is 11.6 Å². The molecule has 0 saturated heterocycles. The SMILES string of the molecule is O=C(CN1c2ccc(Cl)cc2-c2ccccc2S1(=O)=O)Nc1cccnc1. The molecule has 1 amide bonds. The van der Waals surface area contributed by atoms with Crippen LogP contribution in [0.3, 0.4) is 0 Å². The zero-order valence-corrected chi connectivity index (χ0v) is 15.5. The minimum atomic E-state index is -3.88. The number of carbonyl (C=O) groups is 1. The number of pyridine rings is 1. The van der Waals surface area contributed by atoms with Crippen molar-refractivity contribution in [3.05, 3.63) is 72.0 Å². The molecule has 4 rings (SSSR count). The molecular weight excluding hydrogens is 386 g/mol. The molecule has 136 valence electrons. The number of hydrogen-bond acceptors (Lipinski definition) is 4. The third-order valence-corrected chi connectivity index (χ3v) is 6.26. The minimum Gasteiger partial charge on any atom is -0.323 e. The number of halogens is 1. The minimum absolute atomic E-state index is 0.147. The number of sulfonamides is 1. The lowest BCUT2D eigenvalue weighted by atomic mass is 10.0. The number of hydrogen-bond donors (Lipinski definition) is 1. The van der Waals surface area contributed by atoms with Crippen LogP contribution in [0.2, 0.25) is 5.02 Å². The Bertz CT molecular complexity index is 1130. The van der Waals surface area contributed by atoms with Crippen molar-refractivity contribution >= 4 is 38.9 Å². The van der Waals surface area contributed by atoms with Crippen LogP contribution < -0.4 is 9.62 Å². The number of fused-ring (bicyclic) bond motifs is 3. The van der Waals surface area contributed by atoms with Crippen LogP contribution in [0.5, 0.6) is 0 Å². The molecule has 1 aliphatic heterocycles. The molecule has 0 atom stereocenters. The molecule has 2 aromatic carbocycles. The molecule has 3 aromatic rings. The van der Waals surface area contributed by atoms with E-state index in [9.17, 15) is 13.2 Å². The van der Waals surface area contributed by atoms with Crippen molar-refractivity contribution in [2.45, 2.75) is 4.90 Å². The molecule has 1 N–H and O–H groups in total. The Morgan fingerprint density at radius 3 is 2.67 bits per heavy atom. The van der Waals surface area contributed by atoms with E-state index in [0.717, 1.165) is 4.31 Å². The number of nitrogens with one attached hydrogen (secondary N) is 1. The third kappa shape index (κ3) is 3.15. The van der Waals surface area contributed by atoms with E-state index in [2.05, 4.69) is 10.3 Å². The van der Waals surface area contributed by atoms with Gasteiger partial charge in [0.05, 0.1) is 22.5 Å². The van der Waals surface area contributed by atoms with Gasteiger partial charge in [-0.2, -0.15) is 0 Å². The molecule has 0 saturated carbocycles. The van der Waals surface area contributed by atoms with E-state index in [1.165, 1.54) is 12.3 Å². The van der Waals surface area contributed by atoms with Crippen molar-refractivity contribution < 1.29 is 13.2 Å². The Hall–Kier alpha value is -2.90. The second kappa shape index (κ2) is 6.68. The van der Waals surface area contributed by atoms with E-state index in [-0.39, 0.29) is 11.4 Å². The van der Waals surface area contributed by atoms with Gasteiger partial charge in [0.1, 0.15) is 6.54 Å². The molecule has 27 heavy (non-hydrogen) atoms. The average molecular weight is 400 g/mol. The molecule has 1 aromatic heterocycles. The molecule has 2 heterocycles. The first-order valence-corrected chi connectivity index (χ1v) is 9.90. The molecule has 0 radical (unpaired) electrons. The zero-order valence-electron chi connectivity index (χ0n) is 14.0. The fraction of sp³-hybridized carbons (Fsp3) is 0.0526. The monoisotopic (exact) mass is 399 g/mol. The van der Waals surface area contributed by atoms with Gasteiger partial charge in [-0.1, -0.05) is 29.8 Å². The van der Waals surface area contributed by atoms with Crippen LogP contribution in [0.1, 0.15) is 0 Å². The highest BCUT2D eigenvalue weighted by Gasteiger charge is 2.35. The second-order valence-electron chi connectivity index (χ2n) is 5.96. The van der Waals surface area contributed by atoms with Gasteiger partial charge in [-0.15, -0.1) is 0 Å². The van der Waals surface area contributed by atoms with Crippen LogP contribution in [0, 0.1) is 0 Å². The predicted molar refractivity (Wildman–Crippen MR) is 104 cm³/mol. The average Bonchev–Trinajstić information content (AvgIpc) is 2.66. The number of aromatic nitrogens is 1. The van der Waals surface area contributed by atoms with E-state index < -0.39 is 15.9 Å². The molecule has 0 unspecified atom stereocenters. The van der Waals surface area contributed by atoms with Crippen molar-refractivity contribution in [3.63, 3.8) is 0 Å². The van der Waals surface area contributed by atoms with Crippen LogP contribution in [0.4, 0.5) is 11.4 Å². The Morgan fingerprint density at radius 1 is 1.07 bits per heavy atom. The maximum Gasteiger partial charge on any atom is 0.265 e. The highest BCUT2D eigenvalue weighted by Crippen LogP contribution is 2.43. The summed E-state index contributed by atoms with van der Waals surface area (Å²) in [6.45, 7) is -0.361. The molecule has 0 fully saturated rings. The first-order valence-electron chi connectivity index (χ1n) is 8.08. The largest absolute Gasteiger partial charge is 0.323 e. The smallest absolute Gasteiger partial charge is 0.265 e. The molecule has 0 aliphatic carbocycles. The van der Waals surface area contributed by atoms with Gasteiger partial charge in [0, 0.05) is 22.3 Å². The molecule has 0 bridgehead atoms. The highest BCUT2D eigenvalue weighted by molar-refractivity contribution is 7.93. The maximum atomic E-state index is 13.1. The van der Waals surface area contributed by atoms with Crippen molar-refractivity contribution in [1.82, 2.24) is 4.98 Å². The Labute approximate surface area is 161 Å². The number of amides is 1. The van der Waals surface area contributed by atoms with Crippen molar-refractivity contribution in [2.75, 3.05) is 16.2 Å². The summed E-state index contributed by atoms with van der Waals surface area (Å²) in [4.78, 5) is 16.6. The second-order valence-corrected chi connectivity index (χ2v) is 8.23. The van der Waals surface area contributed by atoms with Crippen LogP contribution in [0.25, 0.3) is 11.1 Å². The molecule has 0 spiro atoms. The number of benzene rings is 2. The van der Waals surface area contributed by atoms with E-state index in [1.807, 2.05) is 0 Å². The van der Waals surface area contributed by atoms with E-state index in [0.29, 0.717) is 27.5 Å². The summed E-state index contributed by atoms with van der Waals surface area (Å²) in [5.41, 5.74) is 2.15. The third-order valence-electron chi connectivity index (χ3n) is 4.21. The summed E-state index contributed by atoms with van der Waals surface area (Å²) < 4.78 is 27.4. The topological polar surface area (TPSA) is 79.4 Å². The van der Waals surface area contributed by atoms with Gasteiger partial charge in [-0.3, -0.25) is 14.1 Å². The van der Waals surface area contributed by atoms with E-state index in [1.54, 1.807) is 54.7 Å². The van der Waals surface area contributed by atoms with Crippen LogP contribution in [-0.2, 0) is 14.8 Å². The van der Waals surface area contributed by atoms with Gasteiger partial charge in [0.15, 0.2) is 0 Å². The number of rotatable bonds is 3. The van der Waals surface area contributed by atoms with Crippen molar-refractivity contribution in [2.24, 2.45) is 0 Å². The Balaban J connectivity index is 1.76. The molecular formula is C19H14ClN3O3S. The number of carbonyl (C=O) groups excluding carboxylic acids is 1. The van der Waals surface area contributed by atoms with Crippen LogP contribution >= 0.6 is 11.6 Å². The fourth-order valence-electron chi connectivity index (χ4n) is 3.04. The van der Waals surface area contributed by atoms with Crippen molar-refractivity contribution in [3.8, 4) is 11.1 Å². The maximum absolute atomic E-state index is 13.1. The molecule has 1 aliphatic rings. The Kier molecular flexibility index (Phi) is 4.33. The quantitative estimate of drug-likeness (QED) is 0.730. The zero-order chi connectivity index (χ0) is 19.0. The highest BCUT2D eigenvalue weighted by atomic mass is 35.5. The van der Waals surface area contributed by atoms with Gasteiger partial charge < -0.3 is 5.32 Å². The summed E-state index contributed by atoms with van der Waals surface area (Å²) in [5.74, 6) is -0.466. The normalized spacial score (nSPS) is 14.2. The first kappa shape index (κ1) is 17.5. The van der Waals surface area contributed by atoms with Gasteiger partial charge in [0.2, 0.25) is 5.91 Å². The van der Waals surface area contributed by atoms with Gasteiger partial charge in [-0.05, 0) is 36.4 Å². The lowest BCUT2D eigenvalue weighted by Gasteiger charge is -2.31. The summed E-state index contributed by atoms with van der Waals surface area (Å²) >= 11 is 6.12. The summed E-state index contributed by atoms with van der Waals surface area (Å²) in [7, 11) is -3.88. The van der Waals surface area contributed by atoms with Crippen LogP contribution in [0.15, 0.2) is 71.9 Å². The fourth-order valence-corrected chi connectivity index (χ4v) is 4.86. The van der Waals surface area contributed by atoms with Crippen molar-refractivity contribution in [1.29, 1.82) is 0 Å². The summed E-state index contributed by atoms with van der Waals surface area (Å²) in [6, 6.07) is 15.0. The number of anilines is 2. The molecule has 6 nitrogen and oxygen atoms in total. The van der Waals surface area contributed by atoms with Gasteiger partial charge in [-0.25, -0.2) is 8.42 Å². The number of nitrogens with zero attached hydrogens (tertiary/aromatic N) is 2. The molecule has 8 heteroatoms. The van der Waals surface area contributed by atoms with Crippen LogP contribution in [-0.4, -0.2) is 25.9 Å². The van der Waals surface area contributed by atoms with Gasteiger partial charge in [0.25, 0.3) is 10.0 Å². The standard InChI is InChI=1S/C19H14ClN3O3S/c20-13-7-8-17-16(10-13)15-5-1-2-6-18(15)27(25,26)23(17)12-19(24)22-14-4-3-9-21-11-14/h1-11H,12H2,(H,22,24). The summed E-state index contributed by atoms with van der Waals surface area (Å²) in [6.07, 6.45) is 3.08. The van der Waals surface area contributed by atoms with Gasteiger partial charge >= 0.3 is 0 Å². The predicted octanol–water partition coefficient (Wildman–Crippen LogP) is 3.55. The Morgan fingerprint density at radius 2 is 1.89 bits per heavy atom. The van der Waals surface area contributed by atoms with E-state index >= 15 is 0 Å². The summed E-state index contributed by atoms with van der Waals surface area (Å²) in [5, 5.41) is 3.15. The first-order chi connectivity index (χ1) is 13.0. The lowest BCUT2D eigenvalue weighted by molar-refractivity contribution is -0.114. The lowest BCUT2D eigenvalue weighted by Crippen LogP contribution is -2.40.